The Morgan fingerprint density at radius 2 is 2.07 bits per heavy atom. The molecule has 1 aromatic carbocycles. The van der Waals surface area contributed by atoms with E-state index < -0.39 is 0 Å². The van der Waals surface area contributed by atoms with Crippen molar-refractivity contribution in [3.63, 3.8) is 0 Å². The first-order chi connectivity index (χ1) is 6.42. The number of rotatable bonds is 3. The third-order valence-electron chi connectivity index (χ3n) is 2.07. The number of carbonyl (C=O) groups is 1. The highest BCUT2D eigenvalue weighted by atomic mass is 16.1. The van der Waals surface area contributed by atoms with Gasteiger partial charge in [0, 0.05) is 11.1 Å². The van der Waals surface area contributed by atoms with Gasteiger partial charge in [-0.15, -0.1) is 0 Å². The van der Waals surface area contributed by atoms with Gasteiger partial charge in [0.15, 0.2) is 0 Å². The van der Waals surface area contributed by atoms with Crippen LogP contribution in [0.5, 0.6) is 0 Å². The van der Waals surface area contributed by atoms with Gasteiger partial charge >= 0.3 is 0 Å². The predicted molar refractivity (Wildman–Crippen MR) is 58.5 cm³/mol. The fourth-order valence-electron chi connectivity index (χ4n) is 1.48. The first kappa shape index (κ1) is 10.9. The van der Waals surface area contributed by atoms with Crippen molar-refractivity contribution in [1.82, 2.24) is 0 Å². The molecular formula is C12H17NO. The number of carbonyl (C=O) groups excluding carboxylic acids is 1. The minimum atomic E-state index is -0.271. The molecule has 0 saturated carbocycles. The minimum Gasteiger partial charge on any atom is -0.325 e. The van der Waals surface area contributed by atoms with Crippen LogP contribution in [-0.4, -0.2) is 11.8 Å². The maximum atomic E-state index is 10.8. The van der Waals surface area contributed by atoms with Gasteiger partial charge in [0.1, 0.15) is 6.29 Å². The summed E-state index contributed by atoms with van der Waals surface area (Å²) in [6.45, 7) is 5.90. The third kappa shape index (κ3) is 2.96. The zero-order chi connectivity index (χ0) is 10.8. The molecule has 0 heterocycles. The Balaban J connectivity index is 3.03. The van der Waals surface area contributed by atoms with Gasteiger partial charge in [-0.25, -0.2) is 0 Å². The highest BCUT2D eigenvalue weighted by molar-refractivity contribution is 5.77. The van der Waals surface area contributed by atoms with Crippen LogP contribution in [-0.2, 0) is 6.42 Å². The third-order valence-corrected chi connectivity index (χ3v) is 2.07. The molecule has 14 heavy (non-hydrogen) atoms. The summed E-state index contributed by atoms with van der Waals surface area (Å²) in [7, 11) is 0. The van der Waals surface area contributed by atoms with Crippen molar-refractivity contribution in [2.75, 3.05) is 0 Å². The van der Waals surface area contributed by atoms with Gasteiger partial charge in [-0.2, -0.15) is 0 Å². The summed E-state index contributed by atoms with van der Waals surface area (Å²) in [6, 6.07) is 5.88. The largest absolute Gasteiger partial charge is 0.325 e. The molecule has 2 nitrogen and oxygen atoms in total. The summed E-state index contributed by atoms with van der Waals surface area (Å²) in [4.78, 5) is 10.8. The molecule has 0 aromatic heterocycles. The lowest BCUT2D eigenvalue weighted by atomic mass is 9.92. The summed E-state index contributed by atoms with van der Waals surface area (Å²) >= 11 is 0. The smallest absolute Gasteiger partial charge is 0.150 e. The fraction of sp³-hybridized carbons (Fsp3) is 0.417. The Bertz CT molecular complexity index is 337. The van der Waals surface area contributed by atoms with Crippen molar-refractivity contribution in [1.29, 1.82) is 0 Å². The summed E-state index contributed by atoms with van der Waals surface area (Å²) in [5, 5.41) is 0. The number of nitrogens with two attached hydrogens (primary N) is 1. The normalized spacial score (nSPS) is 11.4. The second kappa shape index (κ2) is 3.93. The molecule has 0 radical (unpaired) electrons. The maximum Gasteiger partial charge on any atom is 0.150 e. The van der Waals surface area contributed by atoms with Gasteiger partial charge in [-0.05, 0) is 38.8 Å². The quantitative estimate of drug-likeness (QED) is 0.743. The molecule has 0 fully saturated rings. The topological polar surface area (TPSA) is 43.1 Å². The zero-order valence-corrected chi connectivity index (χ0v) is 9.00. The van der Waals surface area contributed by atoms with Gasteiger partial charge in [0.05, 0.1) is 0 Å². The van der Waals surface area contributed by atoms with E-state index in [0.29, 0.717) is 0 Å². The molecule has 0 amide bonds. The summed E-state index contributed by atoms with van der Waals surface area (Å²) in [5.41, 5.74) is 8.52. The number of aryl methyl sites for hydroxylation is 1. The molecular weight excluding hydrogens is 174 g/mol. The average molecular weight is 191 g/mol. The van der Waals surface area contributed by atoms with Gasteiger partial charge in [0.2, 0.25) is 0 Å². The van der Waals surface area contributed by atoms with Gasteiger partial charge in [0.25, 0.3) is 0 Å². The summed E-state index contributed by atoms with van der Waals surface area (Å²) < 4.78 is 0. The average Bonchev–Trinajstić information content (AvgIpc) is 2.06. The number of hydrogen-bond donors (Lipinski definition) is 1. The van der Waals surface area contributed by atoms with Crippen molar-refractivity contribution < 1.29 is 4.79 Å². The van der Waals surface area contributed by atoms with Crippen LogP contribution in [0.25, 0.3) is 0 Å². The van der Waals surface area contributed by atoms with E-state index in [2.05, 4.69) is 0 Å². The highest BCUT2D eigenvalue weighted by Crippen LogP contribution is 2.15. The van der Waals surface area contributed by atoms with Crippen LogP contribution < -0.4 is 5.73 Å². The molecule has 1 aromatic rings. The second-order valence-electron chi connectivity index (χ2n) is 4.49. The van der Waals surface area contributed by atoms with Gasteiger partial charge < -0.3 is 5.73 Å². The molecule has 0 bridgehead atoms. The molecule has 0 aliphatic carbocycles. The van der Waals surface area contributed by atoms with Gasteiger partial charge in [-0.3, -0.25) is 4.79 Å². The minimum absolute atomic E-state index is 0.271. The summed E-state index contributed by atoms with van der Waals surface area (Å²) in [6.07, 6.45) is 1.62. The maximum absolute atomic E-state index is 10.8. The molecule has 0 saturated heterocycles. The van der Waals surface area contributed by atoms with Crippen LogP contribution in [0.3, 0.4) is 0 Å². The van der Waals surface area contributed by atoms with E-state index in [1.165, 1.54) is 0 Å². The van der Waals surface area contributed by atoms with E-state index >= 15 is 0 Å². The van der Waals surface area contributed by atoms with E-state index in [9.17, 15) is 4.79 Å². The monoisotopic (exact) mass is 191 g/mol. The van der Waals surface area contributed by atoms with Crippen LogP contribution in [0.15, 0.2) is 18.2 Å². The van der Waals surface area contributed by atoms with E-state index in [4.69, 9.17) is 5.73 Å². The Labute approximate surface area is 85.1 Å². The van der Waals surface area contributed by atoms with Crippen LogP contribution in [0.4, 0.5) is 0 Å². The highest BCUT2D eigenvalue weighted by Gasteiger charge is 2.13. The Kier molecular flexibility index (Phi) is 3.06. The number of benzene rings is 1. The van der Waals surface area contributed by atoms with E-state index in [0.717, 1.165) is 29.4 Å². The summed E-state index contributed by atoms with van der Waals surface area (Å²) in [5.74, 6) is 0. The van der Waals surface area contributed by atoms with Crippen molar-refractivity contribution in [2.24, 2.45) is 5.73 Å². The van der Waals surface area contributed by atoms with Crippen molar-refractivity contribution in [3.05, 3.63) is 34.9 Å². The van der Waals surface area contributed by atoms with Crippen LogP contribution in [0.1, 0.15) is 35.3 Å². The molecule has 0 unspecified atom stereocenters. The molecule has 2 heteroatoms. The first-order valence-corrected chi connectivity index (χ1v) is 4.76. The first-order valence-electron chi connectivity index (χ1n) is 4.76. The predicted octanol–water partition coefficient (Wildman–Crippen LogP) is 2.09. The molecule has 2 N–H and O–H groups in total. The molecule has 0 aliphatic heterocycles. The number of hydrogen-bond acceptors (Lipinski definition) is 2. The Morgan fingerprint density at radius 1 is 1.43 bits per heavy atom. The van der Waals surface area contributed by atoms with E-state index in [1.54, 1.807) is 0 Å². The van der Waals surface area contributed by atoms with Crippen molar-refractivity contribution >= 4 is 6.29 Å². The van der Waals surface area contributed by atoms with E-state index in [1.807, 2.05) is 39.0 Å². The van der Waals surface area contributed by atoms with Crippen molar-refractivity contribution in [2.45, 2.75) is 32.7 Å². The second-order valence-corrected chi connectivity index (χ2v) is 4.49. The lowest BCUT2D eigenvalue weighted by molar-refractivity contribution is 0.112. The molecule has 0 aliphatic rings. The van der Waals surface area contributed by atoms with E-state index in [-0.39, 0.29) is 5.54 Å². The van der Waals surface area contributed by atoms with Crippen LogP contribution in [0, 0.1) is 6.92 Å². The molecule has 1 rings (SSSR count). The lowest BCUT2D eigenvalue weighted by Gasteiger charge is -2.19. The molecule has 0 spiro atoms. The zero-order valence-electron chi connectivity index (χ0n) is 9.00. The van der Waals surface area contributed by atoms with Gasteiger partial charge in [-0.1, -0.05) is 17.7 Å². The molecule has 76 valence electrons. The fourth-order valence-corrected chi connectivity index (χ4v) is 1.48. The van der Waals surface area contributed by atoms with Crippen LogP contribution in [0.2, 0.25) is 0 Å². The van der Waals surface area contributed by atoms with Crippen molar-refractivity contribution in [3.8, 4) is 0 Å². The molecule has 0 atom stereocenters. The number of aldehydes is 1. The lowest BCUT2D eigenvalue weighted by Crippen LogP contribution is -2.34. The van der Waals surface area contributed by atoms with Crippen LogP contribution >= 0.6 is 0 Å². The SMILES string of the molecule is Cc1ccc(CC(C)(C)N)c(C=O)c1. The Morgan fingerprint density at radius 3 is 2.57 bits per heavy atom. The standard InChI is InChI=1S/C12H17NO/c1-9-4-5-10(7-12(2,3)13)11(6-9)8-14/h4-6,8H,7,13H2,1-3H3. The Hall–Kier alpha value is -1.15.